The molecule has 0 fully saturated rings. The average molecular weight is 285 g/mol. The molecule has 2 amide bonds. The molecule has 0 bridgehead atoms. The molecule has 108 valence electrons. The molecule has 2 N–H and O–H groups in total. The van der Waals surface area contributed by atoms with Gasteiger partial charge < -0.3 is 4.74 Å². The van der Waals surface area contributed by atoms with E-state index in [1.807, 2.05) is 6.92 Å². The van der Waals surface area contributed by atoms with E-state index >= 15 is 0 Å². The molecule has 1 aromatic heterocycles. The summed E-state index contributed by atoms with van der Waals surface area (Å²) in [5.74, 6) is -0.226. The maximum Gasteiger partial charge on any atom is 0.269 e. The topological polar surface area (TPSA) is 80.3 Å². The minimum absolute atomic E-state index is 0.399. The first-order valence-corrected chi connectivity index (χ1v) is 6.44. The van der Waals surface area contributed by atoms with Gasteiger partial charge in [-0.1, -0.05) is 6.07 Å². The maximum absolute atomic E-state index is 11.9. The van der Waals surface area contributed by atoms with Crippen LogP contribution in [0.5, 0.6) is 5.75 Å². The van der Waals surface area contributed by atoms with Gasteiger partial charge in [-0.2, -0.15) is 0 Å². The van der Waals surface area contributed by atoms with Crippen molar-refractivity contribution in [2.75, 3.05) is 6.61 Å². The summed E-state index contributed by atoms with van der Waals surface area (Å²) in [5, 5.41) is 0. The Bertz CT molecular complexity index is 629. The molecule has 0 aliphatic rings. The van der Waals surface area contributed by atoms with Crippen LogP contribution in [0.1, 0.15) is 27.6 Å². The number of hydrogen-bond acceptors (Lipinski definition) is 4. The summed E-state index contributed by atoms with van der Waals surface area (Å²) in [4.78, 5) is 27.5. The van der Waals surface area contributed by atoms with Crippen molar-refractivity contribution >= 4 is 11.8 Å². The van der Waals surface area contributed by atoms with Crippen molar-refractivity contribution in [2.24, 2.45) is 0 Å². The first-order chi connectivity index (χ1) is 10.2. The number of carbonyl (C=O) groups is 2. The van der Waals surface area contributed by atoms with Gasteiger partial charge in [-0.15, -0.1) is 0 Å². The van der Waals surface area contributed by atoms with Crippen molar-refractivity contribution in [3.63, 3.8) is 0 Å². The second-order valence-corrected chi connectivity index (χ2v) is 4.10. The normalized spacial score (nSPS) is 9.76. The maximum atomic E-state index is 11.9. The van der Waals surface area contributed by atoms with Gasteiger partial charge in [0.25, 0.3) is 11.8 Å². The molecule has 6 nitrogen and oxygen atoms in total. The summed E-state index contributed by atoms with van der Waals surface area (Å²) in [5.41, 5.74) is 5.50. The first kappa shape index (κ1) is 14.5. The largest absolute Gasteiger partial charge is 0.494 e. The average Bonchev–Trinajstić information content (AvgIpc) is 2.53. The van der Waals surface area contributed by atoms with E-state index in [9.17, 15) is 9.59 Å². The number of pyridine rings is 1. The van der Waals surface area contributed by atoms with E-state index in [0.717, 1.165) is 0 Å². The van der Waals surface area contributed by atoms with E-state index < -0.39 is 11.8 Å². The number of amides is 2. The Morgan fingerprint density at radius 2 is 1.71 bits per heavy atom. The molecule has 2 rings (SSSR count). The number of aromatic nitrogens is 1. The van der Waals surface area contributed by atoms with Gasteiger partial charge in [0.05, 0.1) is 6.61 Å². The van der Waals surface area contributed by atoms with Crippen LogP contribution in [0.15, 0.2) is 48.8 Å². The molecule has 0 aliphatic heterocycles. The third-order valence-electron chi connectivity index (χ3n) is 2.64. The Morgan fingerprint density at radius 1 is 1.05 bits per heavy atom. The summed E-state index contributed by atoms with van der Waals surface area (Å²) >= 11 is 0. The Kier molecular flexibility index (Phi) is 4.87. The lowest BCUT2D eigenvalue weighted by Gasteiger charge is -2.08. The highest BCUT2D eigenvalue weighted by Gasteiger charge is 2.09. The van der Waals surface area contributed by atoms with Crippen molar-refractivity contribution in [1.82, 2.24) is 15.8 Å². The van der Waals surface area contributed by atoms with E-state index in [1.165, 1.54) is 12.4 Å². The fraction of sp³-hybridized carbons (Fsp3) is 0.133. The van der Waals surface area contributed by atoms with E-state index in [2.05, 4.69) is 15.8 Å². The molecule has 0 spiro atoms. The molecule has 0 aliphatic carbocycles. The minimum atomic E-state index is -0.418. The lowest BCUT2D eigenvalue weighted by atomic mass is 10.2. The lowest BCUT2D eigenvalue weighted by Crippen LogP contribution is -2.41. The Hall–Kier alpha value is -2.89. The van der Waals surface area contributed by atoms with Crippen molar-refractivity contribution < 1.29 is 14.3 Å². The molecule has 0 radical (unpaired) electrons. The van der Waals surface area contributed by atoms with Gasteiger partial charge in [-0.25, -0.2) is 0 Å². The molecule has 1 aromatic carbocycles. The number of rotatable bonds is 4. The summed E-state index contributed by atoms with van der Waals surface area (Å²) in [7, 11) is 0. The van der Waals surface area contributed by atoms with Gasteiger partial charge in [-0.3, -0.25) is 25.4 Å². The highest BCUT2D eigenvalue weighted by molar-refractivity contribution is 5.99. The van der Waals surface area contributed by atoms with Crippen LogP contribution in [-0.4, -0.2) is 23.4 Å². The van der Waals surface area contributed by atoms with E-state index in [1.54, 1.807) is 36.4 Å². The highest BCUT2D eigenvalue weighted by Crippen LogP contribution is 2.12. The third kappa shape index (κ3) is 4.04. The number of nitrogens with one attached hydrogen (secondary N) is 2. The molecule has 0 saturated carbocycles. The number of ether oxygens (including phenoxy) is 1. The molecule has 21 heavy (non-hydrogen) atoms. The van der Waals surface area contributed by atoms with Gasteiger partial charge >= 0.3 is 0 Å². The van der Waals surface area contributed by atoms with Gasteiger partial charge in [0.1, 0.15) is 5.75 Å². The van der Waals surface area contributed by atoms with Crippen LogP contribution in [0.4, 0.5) is 0 Å². The summed E-state index contributed by atoms with van der Waals surface area (Å²) in [6.45, 7) is 2.38. The molecule has 1 heterocycles. The molecule has 6 heteroatoms. The fourth-order valence-corrected chi connectivity index (χ4v) is 1.65. The van der Waals surface area contributed by atoms with Crippen LogP contribution in [0.3, 0.4) is 0 Å². The molecular weight excluding hydrogens is 270 g/mol. The van der Waals surface area contributed by atoms with Crippen molar-refractivity contribution in [3.8, 4) is 5.75 Å². The van der Waals surface area contributed by atoms with Crippen molar-refractivity contribution in [2.45, 2.75) is 6.92 Å². The van der Waals surface area contributed by atoms with Crippen molar-refractivity contribution in [1.29, 1.82) is 0 Å². The number of nitrogens with zero attached hydrogens (tertiary/aromatic N) is 1. The smallest absolute Gasteiger partial charge is 0.269 e. The van der Waals surface area contributed by atoms with Crippen LogP contribution in [-0.2, 0) is 0 Å². The summed E-state index contributed by atoms with van der Waals surface area (Å²) in [6.07, 6.45) is 3.00. The van der Waals surface area contributed by atoms with Gasteiger partial charge in [-0.05, 0) is 37.3 Å². The van der Waals surface area contributed by atoms with Crippen LogP contribution < -0.4 is 15.6 Å². The second kappa shape index (κ2) is 7.04. The predicted octanol–water partition coefficient (Wildman–Crippen LogP) is 1.56. The predicted molar refractivity (Wildman–Crippen MR) is 76.8 cm³/mol. The zero-order valence-corrected chi connectivity index (χ0v) is 11.5. The highest BCUT2D eigenvalue weighted by atomic mass is 16.5. The van der Waals surface area contributed by atoms with Gasteiger partial charge in [0.2, 0.25) is 0 Å². The fourth-order valence-electron chi connectivity index (χ4n) is 1.65. The molecule has 0 atom stereocenters. The standard InChI is InChI=1S/C15H15N3O3/c1-2-21-13-5-3-4-12(10-13)15(20)18-17-14(19)11-6-8-16-9-7-11/h3-10H,2H2,1H3,(H,17,19)(H,18,20). The Labute approximate surface area is 122 Å². The Balaban J connectivity index is 1.96. The first-order valence-electron chi connectivity index (χ1n) is 6.44. The van der Waals surface area contributed by atoms with E-state index in [-0.39, 0.29) is 0 Å². The van der Waals surface area contributed by atoms with Crippen LogP contribution in [0.2, 0.25) is 0 Å². The summed E-state index contributed by atoms with van der Waals surface area (Å²) < 4.78 is 5.32. The minimum Gasteiger partial charge on any atom is -0.494 e. The lowest BCUT2D eigenvalue weighted by molar-refractivity contribution is 0.0846. The monoisotopic (exact) mass is 285 g/mol. The molecule has 2 aromatic rings. The Morgan fingerprint density at radius 3 is 2.38 bits per heavy atom. The van der Waals surface area contributed by atoms with Crippen LogP contribution in [0.25, 0.3) is 0 Å². The van der Waals surface area contributed by atoms with E-state index in [4.69, 9.17) is 4.74 Å². The zero-order valence-electron chi connectivity index (χ0n) is 11.5. The molecular formula is C15H15N3O3. The van der Waals surface area contributed by atoms with E-state index in [0.29, 0.717) is 23.5 Å². The number of benzene rings is 1. The van der Waals surface area contributed by atoms with Gasteiger partial charge in [0.15, 0.2) is 0 Å². The zero-order chi connectivity index (χ0) is 15.1. The third-order valence-corrected chi connectivity index (χ3v) is 2.64. The van der Waals surface area contributed by atoms with Crippen LogP contribution in [0, 0.1) is 0 Å². The van der Waals surface area contributed by atoms with Gasteiger partial charge in [0, 0.05) is 23.5 Å². The number of hydrazine groups is 1. The van der Waals surface area contributed by atoms with Crippen LogP contribution >= 0.6 is 0 Å². The second-order valence-electron chi connectivity index (χ2n) is 4.10. The molecule has 0 saturated heterocycles. The number of carbonyl (C=O) groups excluding carboxylic acids is 2. The quantitative estimate of drug-likeness (QED) is 0.835. The summed E-state index contributed by atoms with van der Waals surface area (Å²) in [6, 6.07) is 9.82. The SMILES string of the molecule is CCOc1cccc(C(=O)NNC(=O)c2ccncc2)c1. The molecule has 0 unspecified atom stereocenters. The number of hydrogen-bond donors (Lipinski definition) is 2. The van der Waals surface area contributed by atoms with Crippen molar-refractivity contribution in [3.05, 3.63) is 59.9 Å².